The fraction of sp³-hybridized carbons (Fsp3) is 0.353. The molecule has 2 heterocycles. The average Bonchev–Trinajstić information content (AvgIpc) is 2.96. The Hall–Kier alpha value is -1.43. The van der Waals surface area contributed by atoms with E-state index >= 15 is 0 Å². The molecule has 3 nitrogen and oxygen atoms in total. The number of likely N-dealkylation sites (tertiary alicyclic amines) is 1. The Bertz CT molecular complexity index is 705. The van der Waals surface area contributed by atoms with Crippen molar-refractivity contribution in [3.05, 3.63) is 57.0 Å². The first kappa shape index (κ1) is 16.4. The molecule has 1 aromatic carbocycles. The molecule has 3 rings (SSSR count). The highest BCUT2D eigenvalue weighted by Gasteiger charge is 2.36. The van der Waals surface area contributed by atoms with Gasteiger partial charge < -0.3 is 5.11 Å². The summed E-state index contributed by atoms with van der Waals surface area (Å²) in [5.41, 5.74) is 0.499. The molecule has 0 bridgehead atoms. The Morgan fingerprint density at radius 2 is 2.09 bits per heavy atom. The summed E-state index contributed by atoms with van der Waals surface area (Å²) < 4.78 is 15.0. The van der Waals surface area contributed by atoms with Crippen LogP contribution in [0.3, 0.4) is 0 Å². The first-order valence-electron chi connectivity index (χ1n) is 7.56. The second-order valence-corrected chi connectivity index (χ2v) is 7.40. The van der Waals surface area contributed by atoms with Crippen molar-refractivity contribution >= 4 is 28.9 Å². The first-order valence-corrected chi connectivity index (χ1v) is 8.75. The van der Waals surface area contributed by atoms with E-state index in [2.05, 4.69) is 0 Å². The molecule has 1 N–H and O–H groups in total. The molecule has 6 heteroatoms. The van der Waals surface area contributed by atoms with Crippen molar-refractivity contribution < 1.29 is 14.3 Å². The Balaban J connectivity index is 2.08. The fourth-order valence-electron chi connectivity index (χ4n) is 3.20. The minimum absolute atomic E-state index is 0.322. The predicted molar refractivity (Wildman–Crippen MR) is 89.6 cm³/mol. The molecule has 0 amide bonds. The SMILES string of the molecule is O=C(O)C1CCCCN1C(c1ccc(Cl)s1)c1ccccc1F. The molecule has 1 fully saturated rings. The Morgan fingerprint density at radius 3 is 2.74 bits per heavy atom. The van der Waals surface area contributed by atoms with E-state index in [1.165, 1.54) is 17.4 Å². The zero-order chi connectivity index (χ0) is 16.4. The van der Waals surface area contributed by atoms with Crippen LogP contribution in [0.25, 0.3) is 0 Å². The lowest BCUT2D eigenvalue weighted by molar-refractivity contribution is -0.145. The van der Waals surface area contributed by atoms with Crippen LogP contribution in [0.4, 0.5) is 4.39 Å². The summed E-state index contributed by atoms with van der Waals surface area (Å²) >= 11 is 7.43. The molecule has 1 aliphatic heterocycles. The van der Waals surface area contributed by atoms with Crippen LogP contribution in [0.5, 0.6) is 0 Å². The molecule has 1 aliphatic rings. The summed E-state index contributed by atoms with van der Waals surface area (Å²) in [5.74, 6) is -1.18. The molecule has 0 aliphatic carbocycles. The van der Waals surface area contributed by atoms with Crippen LogP contribution < -0.4 is 0 Å². The van der Waals surface area contributed by atoms with Crippen LogP contribution in [0.15, 0.2) is 36.4 Å². The van der Waals surface area contributed by atoms with Gasteiger partial charge in [-0.05, 0) is 37.6 Å². The van der Waals surface area contributed by atoms with E-state index in [-0.39, 0.29) is 5.82 Å². The molecule has 2 unspecified atom stereocenters. The Morgan fingerprint density at radius 1 is 1.30 bits per heavy atom. The number of hydrogen-bond acceptors (Lipinski definition) is 3. The lowest BCUT2D eigenvalue weighted by atomic mass is 9.95. The first-order chi connectivity index (χ1) is 11.1. The molecule has 1 saturated heterocycles. The van der Waals surface area contributed by atoms with Crippen LogP contribution in [-0.2, 0) is 4.79 Å². The van der Waals surface area contributed by atoms with Gasteiger partial charge in [0.05, 0.1) is 10.4 Å². The van der Waals surface area contributed by atoms with E-state index in [1.807, 2.05) is 11.0 Å². The van der Waals surface area contributed by atoms with E-state index in [0.717, 1.165) is 17.7 Å². The zero-order valence-corrected chi connectivity index (χ0v) is 14.0. The molecule has 0 radical (unpaired) electrons. The number of carboxylic acid groups (broad SMARTS) is 1. The second-order valence-electron chi connectivity index (χ2n) is 5.65. The van der Waals surface area contributed by atoms with E-state index < -0.39 is 18.1 Å². The molecule has 2 aromatic rings. The fourth-order valence-corrected chi connectivity index (χ4v) is 4.40. The number of carbonyl (C=O) groups is 1. The highest BCUT2D eigenvalue weighted by molar-refractivity contribution is 7.16. The molecular weight excluding hydrogens is 337 g/mol. The third-order valence-electron chi connectivity index (χ3n) is 4.22. The molecule has 0 saturated carbocycles. The third-order valence-corrected chi connectivity index (χ3v) is 5.51. The maximum Gasteiger partial charge on any atom is 0.320 e. The maximum absolute atomic E-state index is 14.4. The smallest absolute Gasteiger partial charge is 0.320 e. The van der Waals surface area contributed by atoms with Gasteiger partial charge in [0.25, 0.3) is 0 Å². The van der Waals surface area contributed by atoms with Gasteiger partial charge in [-0.3, -0.25) is 9.69 Å². The van der Waals surface area contributed by atoms with E-state index in [0.29, 0.717) is 22.9 Å². The molecule has 0 spiro atoms. The Labute approximate surface area is 143 Å². The summed E-state index contributed by atoms with van der Waals surface area (Å²) in [6, 6.07) is 9.16. The van der Waals surface area contributed by atoms with Gasteiger partial charge in [-0.25, -0.2) is 4.39 Å². The zero-order valence-electron chi connectivity index (χ0n) is 12.4. The van der Waals surface area contributed by atoms with Gasteiger partial charge in [0.2, 0.25) is 0 Å². The van der Waals surface area contributed by atoms with Crippen molar-refractivity contribution in [3.63, 3.8) is 0 Å². The van der Waals surface area contributed by atoms with Crippen molar-refractivity contribution in [2.24, 2.45) is 0 Å². The minimum Gasteiger partial charge on any atom is -0.480 e. The van der Waals surface area contributed by atoms with Gasteiger partial charge in [-0.1, -0.05) is 36.2 Å². The van der Waals surface area contributed by atoms with Gasteiger partial charge >= 0.3 is 5.97 Å². The van der Waals surface area contributed by atoms with Crippen LogP contribution in [0.2, 0.25) is 4.34 Å². The third kappa shape index (κ3) is 3.42. The maximum atomic E-state index is 14.4. The van der Waals surface area contributed by atoms with Gasteiger partial charge in [0, 0.05) is 10.4 Å². The standard InChI is InChI=1S/C17H17ClFNO2S/c18-15-9-8-14(23-15)16(11-5-1-2-6-12(11)19)20-10-4-3-7-13(20)17(21)22/h1-2,5-6,8-9,13,16H,3-4,7,10H2,(H,21,22). The number of benzene rings is 1. The molecular formula is C17H17ClFNO2S. The normalized spacial score (nSPS) is 20.3. The lowest BCUT2D eigenvalue weighted by Gasteiger charge is -2.39. The van der Waals surface area contributed by atoms with Crippen molar-refractivity contribution in [3.8, 4) is 0 Å². The summed E-state index contributed by atoms with van der Waals surface area (Å²) in [6.07, 6.45) is 2.37. The molecule has 23 heavy (non-hydrogen) atoms. The second kappa shape index (κ2) is 6.99. The number of carboxylic acids is 1. The van der Waals surface area contributed by atoms with Crippen LogP contribution in [0.1, 0.15) is 35.7 Å². The van der Waals surface area contributed by atoms with E-state index in [1.54, 1.807) is 24.3 Å². The number of halogens is 2. The van der Waals surface area contributed by atoms with Crippen molar-refractivity contribution in [1.82, 2.24) is 4.90 Å². The van der Waals surface area contributed by atoms with Crippen LogP contribution in [0, 0.1) is 5.82 Å². The predicted octanol–water partition coefficient (Wildman–Crippen LogP) is 4.57. The number of hydrogen-bond donors (Lipinski definition) is 1. The quantitative estimate of drug-likeness (QED) is 0.875. The van der Waals surface area contributed by atoms with Crippen molar-refractivity contribution in [2.45, 2.75) is 31.3 Å². The van der Waals surface area contributed by atoms with Crippen LogP contribution in [-0.4, -0.2) is 28.6 Å². The van der Waals surface area contributed by atoms with Gasteiger partial charge in [-0.2, -0.15) is 0 Å². The molecule has 122 valence electrons. The number of rotatable bonds is 4. The van der Waals surface area contributed by atoms with Crippen LogP contribution >= 0.6 is 22.9 Å². The van der Waals surface area contributed by atoms with E-state index in [9.17, 15) is 14.3 Å². The van der Waals surface area contributed by atoms with Gasteiger partial charge in [0.1, 0.15) is 11.9 Å². The number of thiophene rings is 1. The molecule has 2 atom stereocenters. The summed E-state index contributed by atoms with van der Waals surface area (Å²) in [5, 5.41) is 9.57. The van der Waals surface area contributed by atoms with Crippen molar-refractivity contribution in [2.75, 3.05) is 6.54 Å². The summed E-state index contributed by atoms with van der Waals surface area (Å²) in [7, 11) is 0. The minimum atomic E-state index is -0.853. The average molecular weight is 354 g/mol. The topological polar surface area (TPSA) is 40.5 Å². The van der Waals surface area contributed by atoms with Gasteiger partial charge in [0.15, 0.2) is 0 Å². The van der Waals surface area contributed by atoms with E-state index in [4.69, 9.17) is 11.6 Å². The lowest BCUT2D eigenvalue weighted by Crippen LogP contribution is -2.46. The van der Waals surface area contributed by atoms with Gasteiger partial charge in [-0.15, -0.1) is 11.3 Å². The summed E-state index contributed by atoms with van der Waals surface area (Å²) in [6.45, 7) is 0.630. The highest BCUT2D eigenvalue weighted by Crippen LogP contribution is 2.39. The Kier molecular flexibility index (Phi) is 4.99. The molecule has 1 aromatic heterocycles. The number of aliphatic carboxylic acids is 1. The number of piperidine rings is 1. The largest absolute Gasteiger partial charge is 0.480 e. The highest BCUT2D eigenvalue weighted by atomic mass is 35.5. The summed E-state index contributed by atoms with van der Waals surface area (Å²) in [4.78, 5) is 14.4. The van der Waals surface area contributed by atoms with Crippen molar-refractivity contribution in [1.29, 1.82) is 0 Å². The number of nitrogens with zero attached hydrogens (tertiary/aromatic N) is 1. The monoisotopic (exact) mass is 353 g/mol.